The minimum absolute atomic E-state index is 0.0283. The zero-order valence-corrected chi connectivity index (χ0v) is 17.3. The van der Waals surface area contributed by atoms with E-state index in [9.17, 15) is 26.4 Å². The van der Waals surface area contributed by atoms with Crippen LogP contribution in [-0.4, -0.2) is 27.0 Å². The molecule has 2 N–H and O–H groups in total. The molecule has 0 fully saturated rings. The van der Waals surface area contributed by atoms with Crippen LogP contribution >= 0.6 is 0 Å². The molecular weight excluding hydrogens is 421 g/mol. The number of anilines is 1. The number of ether oxygens (including phenoxy) is 1. The predicted molar refractivity (Wildman–Crippen MR) is 107 cm³/mol. The molecule has 30 heavy (non-hydrogen) atoms. The van der Waals surface area contributed by atoms with Gasteiger partial charge in [-0.25, -0.2) is 8.42 Å². The van der Waals surface area contributed by atoms with E-state index in [1.54, 1.807) is 0 Å². The second-order valence-corrected chi connectivity index (χ2v) is 8.38. The third-order valence-electron chi connectivity index (χ3n) is 4.08. The smallest absolute Gasteiger partial charge is 0.416 e. The van der Waals surface area contributed by atoms with E-state index in [2.05, 4.69) is 10.0 Å². The summed E-state index contributed by atoms with van der Waals surface area (Å²) in [5.41, 5.74) is -1.17. The van der Waals surface area contributed by atoms with Crippen molar-refractivity contribution in [2.24, 2.45) is 0 Å². The molecule has 0 aliphatic heterocycles. The number of sulfonamides is 1. The van der Waals surface area contributed by atoms with Crippen molar-refractivity contribution in [3.8, 4) is 5.75 Å². The van der Waals surface area contributed by atoms with Gasteiger partial charge in [0.05, 0.1) is 10.5 Å². The Morgan fingerprint density at radius 3 is 2.40 bits per heavy atom. The summed E-state index contributed by atoms with van der Waals surface area (Å²) >= 11 is 0. The summed E-state index contributed by atoms with van der Waals surface area (Å²) in [5, 5.41) is 2.78. The first-order valence-corrected chi connectivity index (χ1v) is 10.7. The Kier molecular flexibility index (Phi) is 7.71. The van der Waals surface area contributed by atoms with Crippen LogP contribution in [0.25, 0.3) is 0 Å². The number of halogens is 3. The Balaban J connectivity index is 2.00. The van der Waals surface area contributed by atoms with Gasteiger partial charge >= 0.3 is 6.18 Å². The van der Waals surface area contributed by atoms with Crippen LogP contribution < -0.4 is 14.8 Å². The number of benzene rings is 2. The number of rotatable bonds is 9. The summed E-state index contributed by atoms with van der Waals surface area (Å²) in [6, 6.07) is 9.14. The van der Waals surface area contributed by atoms with Gasteiger partial charge in [0.25, 0.3) is 15.9 Å². The normalized spacial score (nSPS) is 12.8. The van der Waals surface area contributed by atoms with Gasteiger partial charge in [0.15, 0.2) is 6.61 Å². The lowest BCUT2D eigenvalue weighted by Crippen LogP contribution is -2.35. The molecule has 2 aromatic carbocycles. The van der Waals surface area contributed by atoms with E-state index in [-0.39, 0.29) is 34.9 Å². The molecule has 1 amide bonds. The van der Waals surface area contributed by atoms with Crippen molar-refractivity contribution < 1.29 is 31.1 Å². The molecule has 0 saturated heterocycles. The molecule has 0 bridgehead atoms. The summed E-state index contributed by atoms with van der Waals surface area (Å²) in [4.78, 5) is 11.6. The lowest BCUT2D eigenvalue weighted by molar-refractivity contribution is -0.137. The van der Waals surface area contributed by atoms with E-state index >= 15 is 0 Å². The van der Waals surface area contributed by atoms with Crippen LogP contribution in [-0.2, 0) is 21.0 Å². The van der Waals surface area contributed by atoms with Gasteiger partial charge < -0.3 is 10.1 Å². The molecule has 0 heterocycles. The van der Waals surface area contributed by atoms with Crippen LogP contribution in [0.15, 0.2) is 53.4 Å². The van der Waals surface area contributed by atoms with E-state index in [1.807, 2.05) is 13.8 Å². The molecule has 0 saturated carbocycles. The number of hydrogen-bond donors (Lipinski definition) is 2. The fourth-order valence-corrected chi connectivity index (χ4v) is 3.71. The average molecular weight is 444 g/mol. The highest BCUT2D eigenvalue weighted by molar-refractivity contribution is 7.92. The van der Waals surface area contributed by atoms with Crippen molar-refractivity contribution in [2.75, 3.05) is 11.3 Å². The van der Waals surface area contributed by atoms with E-state index in [1.165, 1.54) is 30.3 Å². The van der Waals surface area contributed by atoms with Gasteiger partial charge in [-0.3, -0.25) is 9.52 Å². The van der Waals surface area contributed by atoms with Gasteiger partial charge in [0.2, 0.25) is 0 Å². The Morgan fingerprint density at radius 1 is 1.13 bits per heavy atom. The summed E-state index contributed by atoms with van der Waals surface area (Å²) < 4.78 is 70.7. The third kappa shape index (κ3) is 6.94. The summed E-state index contributed by atoms with van der Waals surface area (Å²) in [5.74, 6) is -0.00910. The summed E-state index contributed by atoms with van der Waals surface area (Å²) in [6.45, 7) is 3.68. The molecular formula is C20H23F3N2O4S. The van der Waals surface area contributed by atoms with Gasteiger partial charge in [-0.1, -0.05) is 19.4 Å². The van der Waals surface area contributed by atoms with Crippen LogP contribution in [0.4, 0.5) is 18.9 Å². The Bertz CT molecular complexity index is 961. The standard InChI is InChI=1S/C20H23F3N2O4S/c1-3-5-14(2)24-19(26)13-29-17-8-10-18(11-9-17)30(27,28)25-16-7-4-6-15(12-16)20(21,22)23/h4,6-12,14,25H,3,5,13H2,1-2H3,(H,24,26). The molecule has 2 rings (SSSR count). The highest BCUT2D eigenvalue weighted by Gasteiger charge is 2.30. The molecule has 0 spiro atoms. The molecule has 164 valence electrons. The maximum absolute atomic E-state index is 12.8. The maximum atomic E-state index is 12.8. The highest BCUT2D eigenvalue weighted by atomic mass is 32.2. The van der Waals surface area contributed by atoms with Crippen LogP contribution in [0.1, 0.15) is 32.3 Å². The zero-order valence-electron chi connectivity index (χ0n) is 16.5. The topological polar surface area (TPSA) is 84.5 Å². The molecule has 1 atom stereocenters. The van der Waals surface area contributed by atoms with Crippen LogP contribution in [0, 0.1) is 0 Å². The average Bonchev–Trinajstić information content (AvgIpc) is 2.66. The SMILES string of the molecule is CCCC(C)NC(=O)COc1ccc(S(=O)(=O)Nc2cccc(C(F)(F)F)c2)cc1. The highest BCUT2D eigenvalue weighted by Crippen LogP contribution is 2.31. The molecule has 0 aromatic heterocycles. The first-order chi connectivity index (χ1) is 14.0. The van der Waals surface area contributed by atoms with Gasteiger partial charge in [0, 0.05) is 11.7 Å². The second kappa shape index (κ2) is 9.84. The van der Waals surface area contributed by atoms with Crippen molar-refractivity contribution in [3.63, 3.8) is 0 Å². The fraction of sp³-hybridized carbons (Fsp3) is 0.350. The van der Waals surface area contributed by atoms with E-state index < -0.39 is 21.8 Å². The summed E-state index contributed by atoms with van der Waals surface area (Å²) in [6.07, 6.45) is -2.80. The van der Waals surface area contributed by atoms with Gasteiger partial charge in [-0.2, -0.15) is 13.2 Å². The Hall–Kier alpha value is -2.75. The van der Waals surface area contributed by atoms with Gasteiger partial charge in [-0.15, -0.1) is 0 Å². The number of carbonyl (C=O) groups is 1. The molecule has 6 nitrogen and oxygen atoms in total. The molecule has 0 aliphatic carbocycles. The minimum Gasteiger partial charge on any atom is -0.484 e. The van der Waals surface area contributed by atoms with Crippen LogP contribution in [0.5, 0.6) is 5.75 Å². The number of carbonyl (C=O) groups excluding carboxylic acids is 1. The fourth-order valence-electron chi connectivity index (χ4n) is 2.66. The number of amides is 1. The first-order valence-electron chi connectivity index (χ1n) is 9.23. The molecule has 1 unspecified atom stereocenters. The first kappa shape index (κ1) is 23.5. The quantitative estimate of drug-likeness (QED) is 0.608. The van der Waals surface area contributed by atoms with Gasteiger partial charge in [-0.05, 0) is 55.8 Å². The summed E-state index contributed by atoms with van der Waals surface area (Å²) in [7, 11) is -4.10. The van der Waals surface area contributed by atoms with E-state index in [4.69, 9.17) is 4.74 Å². The number of alkyl halides is 3. The van der Waals surface area contributed by atoms with Crippen molar-refractivity contribution in [1.82, 2.24) is 5.32 Å². The zero-order chi connectivity index (χ0) is 22.4. The van der Waals surface area contributed by atoms with Gasteiger partial charge in [0.1, 0.15) is 5.75 Å². The van der Waals surface area contributed by atoms with Crippen LogP contribution in [0.3, 0.4) is 0 Å². The molecule has 0 aliphatic rings. The number of nitrogens with one attached hydrogen (secondary N) is 2. The van der Waals surface area contributed by atoms with Crippen molar-refractivity contribution in [3.05, 3.63) is 54.1 Å². The molecule has 10 heteroatoms. The third-order valence-corrected chi connectivity index (χ3v) is 5.47. The lowest BCUT2D eigenvalue weighted by Gasteiger charge is -2.13. The molecule has 0 radical (unpaired) electrons. The Morgan fingerprint density at radius 2 is 1.80 bits per heavy atom. The van der Waals surface area contributed by atoms with Crippen LogP contribution in [0.2, 0.25) is 0 Å². The van der Waals surface area contributed by atoms with E-state index in [0.29, 0.717) is 6.07 Å². The van der Waals surface area contributed by atoms with Crippen molar-refractivity contribution in [1.29, 1.82) is 0 Å². The second-order valence-electron chi connectivity index (χ2n) is 6.70. The monoisotopic (exact) mass is 444 g/mol. The van der Waals surface area contributed by atoms with Crippen molar-refractivity contribution >= 4 is 21.6 Å². The van der Waals surface area contributed by atoms with Crippen molar-refractivity contribution in [2.45, 2.75) is 43.8 Å². The minimum atomic E-state index is -4.58. The predicted octanol–water partition coefficient (Wildman–Crippen LogP) is 4.19. The largest absolute Gasteiger partial charge is 0.484 e. The van der Waals surface area contributed by atoms with E-state index in [0.717, 1.165) is 25.0 Å². The maximum Gasteiger partial charge on any atom is 0.416 e. The molecule has 2 aromatic rings. The number of hydrogen-bond acceptors (Lipinski definition) is 4. The Labute approximate surface area is 173 Å². The lowest BCUT2D eigenvalue weighted by atomic mass is 10.2.